The number of alkyl halides is 3. The van der Waals surface area contributed by atoms with Crippen LogP contribution in [0.25, 0.3) is 28.2 Å². The van der Waals surface area contributed by atoms with Crippen molar-refractivity contribution in [3.05, 3.63) is 89.5 Å². The molecule has 10 heteroatoms. The molecule has 1 fully saturated rings. The summed E-state index contributed by atoms with van der Waals surface area (Å²) in [4.78, 5) is 26.6. The molecular formula is C27H18F3NO5S. The number of nitrogens with zero attached hydrogens (tertiary/aromatic N) is 1. The second-order valence-corrected chi connectivity index (χ2v) is 8.93. The van der Waals surface area contributed by atoms with Crippen molar-refractivity contribution in [2.24, 2.45) is 0 Å². The molecule has 0 radical (unpaired) electrons. The molecule has 4 aromatic rings. The number of carbonyl (C=O) groups excluding carboxylic acids is 2. The van der Waals surface area contributed by atoms with Gasteiger partial charge in [-0.1, -0.05) is 36.4 Å². The molecule has 188 valence electrons. The lowest BCUT2D eigenvalue weighted by atomic mass is 10.1. The molecule has 0 spiro atoms. The van der Waals surface area contributed by atoms with E-state index in [4.69, 9.17) is 9.15 Å². The first kappa shape index (κ1) is 24.5. The van der Waals surface area contributed by atoms with E-state index in [1.54, 1.807) is 12.1 Å². The summed E-state index contributed by atoms with van der Waals surface area (Å²) in [7, 11) is 0. The average molecular weight is 526 g/mol. The van der Waals surface area contributed by atoms with Crippen LogP contribution in [0.4, 0.5) is 18.0 Å². The SMILES string of the molecule is O=C1S/C(=C\c2ccc(-c3ccc(OC(F)(F)F)cc3)o2)C(=O)N1CCOc1cccc2ccccc12. The molecule has 0 saturated carbocycles. The molecule has 2 amide bonds. The van der Waals surface area contributed by atoms with Gasteiger partial charge in [0.1, 0.15) is 29.6 Å². The van der Waals surface area contributed by atoms with Gasteiger partial charge in [-0.2, -0.15) is 0 Å². The van der Waals surface area contributed by atoms with E-state index < -0.39 is 17.5 Å². The van der Waals surface area contributed by atoms with Gasteiger partial charge in [0.25, 0.3) is 11.1 Å². The summed E-state index contributed by atoms with van der Waals surface area (Å²) in [6, 6.07) is 21.9. The van der Waals surface area contributed by atoms with Crippen LogP contribution in [0.15, 0.2) is 88.2 Å². The Hall–Kier alpha value is -4.18. The summed E-state index contributed by atoms with van der Waals surface area (Å²) < 4.78 is 52.5. The zero-order valence-electron chi connectivity index (χ0n) is 19.0. The fraction of sp³-hybridized carbons (Fsp3) is 0.111. The quantitative estimate of drug-likeness (QED) is 0.240. The third-order valence-corrected chi connectivity index (χ3v) is 6.38. The Morgan fingerprint density at radius 2 is 1.68 bits per heavy atom. The summed E-state index contributed by atoms with van der Waals surface area (Å²) in [5, 5.41) is 1.55. The zero-order chi connectivity index (χ0) is 26.0. The van der Waals surface area contributed by atoms with E-state index in [1.165, 1.54) is 30.3 Å². The number of thioether (sulfide) groups is 1. The maximum atomic E-state index is 12.8. The number of halogens is 3. The molecule has 0 atom stereocenters. The van der Waals surface area contributed by atoms with Crippen molar-refractivity contribution in [2.45, 2.75) is 6.36 Å². The Balaban J connectivity index is 1.22. The highest BCUT2D eigenvalue weighted by Gasteiger charge is 2.35. The summed E-state index contributed by atoms with van der Waals surface area (Å²) >= 11 is 0.798. The Kier molecular flexibility index (Phi) is 6.66. The van der Waals surface area contributed by atoms with Gasteiger partial charge in [-0.25, -0.2) is 0 Å². The van der Waals surface area contributed by atoms with Gasteiger partial charge in [-0.05, 0) is 59.6 Å². The monoisotopic (exact) mass is 525 g/mol. The number of hydrogen-bond donors (Lipinski definition) is 0. The molecular weight excluding hydrogens is 507 g/mol. The number of furan rings is 1. The Morgan fingerprint density at radius 1 is 0.919 bits per heavy atom. The molecule has 1 aliphatic rings. The van der Waals surface area contributed by atoms with Crippen LogP contribution < -0.4 is 9.47 Å². The Labute approximate surface area is 213 Å². The number of benzene rings is 3. The maximum absolute atomic E-state index is 12.8. The highest BCUT2D eigenvalue weighted by molar-refractivity contribution is 8.18. The summed E-state index contributed by atoms with van der Waals surface area (Å²) in [6.07, 6.45) is -3.31. The molecule has 0 N–H and O–H groups in total. The molecule has 1 saturated heterocycles. The van der Waals surface area contributed by atoms with Gasteiger partial charge in [0.05, 0.1) is 11.4 Å². The lowest BCUT2D eigenvalue weighted by Crippen LogP contribution is -2.32. The van der Waals surface area contributed by atoms with Crippen molar-refractivity contribution < 1.29 is 36.7 Å². The lowest BCUT2D eigenvalue weighted by Gasteiger charge is -2.14. The first-order valence-corrected chi connectivity index (χ1v) is 11.9. The van der Waals surface area contributed by atoms with Crippen molar-refractivity contribution in [3.63, 3.8) is 0 Å². The molecule has 6 nitrogen and oxygen atoms in total. The lowest BCUT2D eigenvalue weighted by molar-refractivity contribution is -0.274. The minimum Gasteiger partial charge on any atom is -0.491 e. The molecule has 0 unspecified atom stereocenters. The zero-order valence-corrected chi connectivity index (χ0v) is 19.8. The van der Waals surface area contributed by atoms with E-state index in [1.807, 2.05) is 42.5 Å². The van der Waals surface area contributed by atoms with Gasteiger partial charge in [-0.15, -0.1) is 13.2 Å². The highest BCUT2D eigenvalue weighted by atomic mass is 32.2. The van der Waals surface area contributed by atoms with Crippen LogP contribution in [0.3, 0.4) is 0 Å². The number of amides is 2. The van der Waals surface area contributed by atoms with E-state index in [0.717, 1.165) is 27.4 Å². The average Bonchev–Trinajstić information content (AvgIpc) is 3.43. The maximum Gasteiger partial charge on any atom is 0.573 e. The van der Waals surface area contributed by atoms with Crippen LogP contribution in [-0.4, -0.2) is 35.6 Å². The van der Waals surface area contributed by atoms with Crippen LogP contribution in [0.1, 0.15) is 5.76 Å². The minimum atomic E-state index is -4.77. The van der Waals surface area contributed by atoms with E-state index >= 15 is 0 Å². The molecule has 2 heterocycles. The van der Waals surface area contributed by atoms with Crippen LogP contribution in [-0.2, 0) is 4.79 Å². The topological polar surface area (TPSA) is 69.0 Å². The van der Waals surface area contributed by atoms with Gasteiger partial charge < -0.3 is 13.9 Å². The fourth-order valence-electron chi connectivity index (χ4n) is 3.80. The molecule has 0 bridgehead atoms. The predicted octanol–water partition coefficient (Wildman–Crippen LogP) is 7.11. The van der Waals surface area contributed by atoms with Gasteiger partial charge in [-0.3, -0.25) is 14.5 Å². The molecule has 3 aromatic carbocycles. The van der Waals surface area contributed by atoms with Gasteiger partial charge in [0, 0.05) is 17.0 Å². The largest absolute Gasteiger partial charge is 0.573 e. The first-order valence-electron chi connectivity index (χ1n) is 11.1. The van der Waals surface area contributed by atoms with Crippen LogP contribution >= 0.6 is 11.8 Å². The predicted molar refractivity (Wildman–Crippen MR) is 133 cm³/mol. The van der Waals surface area contributed by atoms with E-state index in [-0.39, 0.29) is 23.8 Å². The van der Waals surface area contributed by atoms with Crippen molar-refractivity contribution in [1.82, 2.24) is 4.90 Å². The van der Waals surface area contributed by atoms with E-state index in [2.05, 4.69) is 4.74 Å². The number of rotatable bonds is 7. The van der Waals surface area contributed by atoms with Gasteiger partial charge in [0.2, 0.25) is 0 Å². The Bertz CT molecular complexity index is 1490. The van der Waals surface area contributed by atoms with Crippen molar-refractivity contribution in [3.8, 4) is 22.8 Å². The third kappa shape index (κ3) is 5.64. The fourth-order valence-corrected chi connectivity index (χ4v) is 4.64. The summed E-state index contributed by atoms with van der Waals surface area (Å²) in [6.45, 7) is 0.221. The van der Waals surface area contributed by atoms with Gasteiger partial charge in [0.15, 0.2) is 0 Å². The minimum absolute atomic E-state index is 0.0843. The molecule has 0 aliphatic carbocycles. The third-order valence-electron chi connectivity index (χ3n) is 5.47. The van der Waals surface area contributed by atoms with Crippen molar-refractivity contribution in [1.29, 1.82) is 0 Å². The van der Waals surface area contributed by atoms with Crippen LogP contribution in [0.2, 0.25) is 0 Å². The highest BCUT2D eigenvalue weighted by Crippen LogP contribution is 2.34. The summed E-state index contributed by atoms with van der Waals surface area (Å²) in [5.74, 6) is 0.571. The van der Waals surface area contributed by atoms with Crippen molar-refractivity contribution in [2.75, 3.05) is 13.2 Å². The first-order chi connectivity index (χ1) is 17.8. The van der Waals surface area contributed by atoms with Crippen LogP contribution in [0.5, 0.6) is 11.5 Å². The molecule has 1 aliphatic heterocycles. The number of ether oxygens (including phenoxy) is 2. The van der Waals surface area contributed by atoms with Crippen LogP contribution in [0, 0.1) is 0 Å². The standard InChI is InChI=1S/C27H18F3NO5S/c28-27(29,30)36-19-10-8-18(9-11-19)22-13-12-20(35-22)16-24-25(32)31(26(33)37-24)14-15-34-23-7-3-5-17-4-1-2-6-21(17)23/h1-13,16H,14-15H2/b24-16-. The molecule has 1 aromatic heterocycles. The van der Waals surface area contributed by atoms with Crippen molar-refractivity contribution >= 4 is 39.8 Å². The van der Waals surface area contributed by atoms with E-state index in [9.17, 15) is 22.8 Å². The number of carbonyl (C=O) groups is 2. The second kappa shape index (κ2) is 10.1. The number of fused-ring (bicyclic) bond motifs is 1. The number of hydrogen-bond acceptors (Lipinski definition) is 6. The normalized spacial score (nSPS) is 15.1. The molecule has 5 rings (SSSR count). The number of imide groups is 1. The second-order valence-electron chi connectivity index (χ2n) is 7.93. The van der Waals surface area contributed by atoms with E-state index in [0.29, 0.717) is 22.8 Å². The van der Waals surface area contributed by atoms with Gasteiger partial charge >= 0.3 is 6.36 Å². The smallest absolute Gasteiger partial charge is 0.491 e. The summed E-state index contributed by atoms with van der Waals surface area (Å²) in [5.41, 5.74) is 0.521. The molecule has 37 heavy (non-hydrogen) atoms. The Morgan fingerprint density at radius 3 is 2.46 bits per heavy atom.